The van der Waals surface area contributed by atoms with E-state index in [0.29, 0.717) is 29.0 Å². The molecule has 0 bridgehead atoms. The van der Waals surface area contributed by atoms with Gasteiger partial charge < -0.3 is 35.6 Å². The van der Waals surface area contributed by atoms with Gasteiger partial charge in [0, 0.05) is 70.9 Å². The summed E-state index contributed by atoms with van der Waals surface area (Å²) in [7, 11) is 0. The minimum absolute atomic E-state index is 0.0315. The Balaban J connectivity index is 1.01. The SMILES string of the molecule is O=C(Nc1ccc(Nc2ccc(NC(=O)c3ccc4ccn(CCO)c4c3)cc2)cc1)c1ccc(N2CCC(O)CC2)cc1. The first kappa shape index (κ1) is 29.0. The largest absolute Gasteiger partial charge is 0.395 e. The molecule has 0 unspecified atom stereocenters. The van der Waals surface area contributed by atoms with Gasteiger partial charge in [0.15, 0.2) is 0 Å². The number of amides is 2. The Bertz CT molecular complexity index is 1740. The summed E-state index contributed by atoms with van der Waals surface area (Å²) in [6.07, 6.45) is 3.21. The highest BCUT2D eigenvalue weighted by Gasteiger charge is 2.17. The summed E-state index contributed by atoms with van der Waals surface area (Å²) in [6.45, 7) is 2.13. The smallest absolute Gasteiger partial charge is 0.255 e. The molecule has 5 N–H and O–H groups in total. The fourth-order valence-electron chi connectivity index (χ4n) is 5.42. The molecule has 44 heavy (non-hydrogen) atoms. The molecule has 1 aliphatic heterocycles. The molecular weight excluding hydrogens is 554 g/mol. The van der Waals surface area contributed by atoms with E-state index in [4.69, 9.17) is 0 Å². The van der Waals surface area contributed by atoms with Gasteiger partial charge in [-0.25, -0.2) is 0 Å². The van der Waals surface area contributed by atoms with Crippen LogP contribution in [0.5, 0.6) is 0 Å². The second-order valence-electron chi connectivity index (χ2n) is 11.0. The minimum Gasteiger partial charge on any atom is -0.395 e. The van der Waals surface area contributed by atoms with Gasteiger partial charge in [-0.3, -0.25) is 9.59 Å². The van der Waals surface area contributed by atoms with Crippen LogP contribution in [0.2, 0.25) is 0 Å². The Kier molecular flexibility index (Phi) is 8.58. The molecule has 6 rings (SSSR count). The average Bonchev–Trinajstić information content (AvgIpc) is 3.45. The average molecular weight is 590 g/mol. The maximum absolute atomic E-state index is 12.9. The molecular formula is C35H35N5O4. The van der Waals surface area contributed by atoms with Gasteiger partial charge in [0.1, 0.15) is 0 Å². The number of hydrogen-bond acceptors (Lipinski definition) is 6. The zero-order chi connectivity index (χ0) is 30.5. The van der Waals surface area contributed by atoms with Gasteiger partial charge in [-0.2, -0.15) is 0 Å². The number of hydrogen-bond donors (Lipinski definition) is 5. The van der Waals surface area contributed by atoms with Crippen LogP contribution in [0.25, 0.3) is 10.9 Å². The Hall–Kier alpha value is -5.12. The summed E-state index contributed by atoms with van der Waals surface area (Å²) in [5, 5.41) is 29.2. The number of fused-ring (bicyclic) bond motifs is 1. The molecule has 5 aromatic rings. The lowest BCUT2D eigenvalue weighted by Crippen LogP contribution is -2.35. The highest BCUT2D eigenvalue weighted by Crippen LogP contribution is 2.24. The van der Waals surface area contributed by atoms with Crippen LogP contribution in [0, 0.1) is 0 Å². The molecule has 0 saturated carbocycles. The fraction of sp³-hybridized carbons (Fsp3) is 0.200. The van der Waals surface area contributed by atoms with E-state index in [1.165, 1.54) is 0 Å². The van der Waals surface area contributed by atoms with Crippen molar-refractivity contribution in [2.24, 2.45) is 0 Å². The Morgan fingerprint density at radius 3 is 1.84 bits per heavy atom. The van der Waals surface area contributed by atoms with Gasteiger partial charge in [0.2, 0.25) is 0 Å². The zero-order valence-corrected chi connectivity index (χ0v) is 24.2. The van der Waals surface area contributed by atoms with Crippen LogP contribution in [-0.4, -0.2) is 52.4 Å². The molecule has 1 aromatic heterocycles. The fourth-order valence-corrected chi connectivity index (χ4v) is 5.42. The molecule has 1 fully saturated rings. The summed E-state index contributed by atoms with van der Waals surface area (Å²) in [5.74, 6) is -0.385. The Labute approximate surface area is 255 Å². The first-order valence-electron chi connectivity index (χ1n) is 14.8. The molecule has 0 spiro atoms. The number of aliphatic hydroxyl groups excluding tert-OH is 2. The van der Waals surface area contributed by atoms with Gasteiger partial charge in [0.25, 0.3) is 11.8 Å². The summed E-state index contributed by atoms with van der Waals surface area (Å²) in [4.78, 5) is 27.9. The number of rotatable bonds is 9. The van der Waals surface area contributed by atoms with E-state index in [2.05, 4.69) is 20.9 Å². The topological polar surface area (TPSA) is 119 Å². The van der Waals surface area contributed by atoms with E-state index in [9.17, 15) is 19.8 Å². The Morgan fingerprint density at radius 1 is 0.705 bits per heavy atom. The second-order valence-corrected chi connectivity index (χ2v) is 11.0. The van der Waals surface area contributed by atoms with E-state index in [1.54, 1.807) is 6.07 Å². The highest BCUT2D eigenvalue weighted by molar-refractivity contribution is 6.06. The van der Waals surface area contributed by atoms with Crippen LogP contribution in [0.3, 0.4) is 0 Å². The van der Waals surface area contributed by atoms with Gasteiger partial charge in [-0.15, -0.1) is 0 Å². The molecule has 2 amide bonds. The van der Waals surface area contributed by atoms with Crippen LogP contribution in [0.4, 0.5) is 28.4 Å². The van der Waals surface area contributed by atoms with Crippen LogP contribution in [0.15, 0.2) is 103 Å². The van der Waals surface area contributed by atoms with Crippen LogP contribution < -0.4 is 20.9 Å². The molecule has 224 valence electrons. The van der Waals surface area contributed by atoms with Crippen molar-refractivity contribution in [1.29, 1.82) is 0 Å². The number of aromatic nitrogens is 1. The summed E-state index contributed by atoms with van der Waals surface area (Å²) in [6, 6.07) is 30.0. The quantitative estimate of drug-likeness (QED) is 0.147. The lowest BCUT2D eigenvalue weighted by molar-refractivity contribution is 0.101. The molecule has 4 aromatic carbocycles. The van der Waals surface area contributed by atoms with Crippen LogP contribution in [-0.2, 0) is 6.54 Å². The summed E-state index contributed by atoms with van der Waals surface area (Å²) >= 11 is 0. The van der Waals surface area contributed by atoms with Crippen LogP contribution >= 0.6 is 0 Å². The molecule has 0 aliphatic carbocycles. The first-order chi connectivity index (χ1) is 21.4. The van der Waals surface area contributed by atoms with E-state index < -0.39 is 0 Å². The van der Waals surface area contributed by atoms with Crippen molar-refractivity contribution >= 4 is 51.2 Å². The lowest BCUT2D eigenvalue weighted by Gasteiger charge is -2.31. The molecule has 2 heterocycles. The highest BCUT2D eigenvalue weighted by atomic mass is 16.3. The van der Waals surface area contributed by atoms with E-state index in [0.717, 1.165) is 53.9 Å². The van der Waals surface area contributed by atoms with E-state index in [-0.39, 0.29) is 24.5 Å². The predicted molar refractivity (Wildman–Crippen MR) is 175 cm³/mol. The maximum Gasteiger partial charge on any atom is 0.255 e. The third-order valence-corrected chi connectivity index (χ3v) is 7.91. The van der Waals surface area contributed by atoms with Crippen molar-refractivity contribution < 1.29 is 19.8 Å². The molecule has 9 nitrogen and oxygen atoms in total. The van der Waals surface area contributed by atoms with Crippen molar-refractivity contribution in [2.75, 3.05) is 40.5 Å². The number of nitrogens with zero attached hydrogens (tertiary/aromatic N) is 2. The number of carbonyl (C=O) groups is 2. The lowest BCUT2D eigenvalue weighted by atomic mass is 10.1. The zero-order valence-electron chi connectivity index (χ0n) is 24.2. The van der Waals surface area contributed by atoms with E-state index >= 15 is 0 Å². The standard InChI is InChI=1S/C35H35N5O4/c41-22-21-40-18-15-24-1-2-26(23-33(24)40)35(44)38-30-11-7-28(8-12-30)36-27-5-9-29(10-6-27)37-34(43)25-3-13-31(14-4-25)39-19-16-32(42)17-20-39/h1-15,18,23,32,36,41-42H,16-17,19-22H2,(H,37,43)(H,38,44). The molecule has 1 saturated heterocycles. The minimum atomic E-state index is -0.219. The third-order valence-electron chi connectivity index (χ3n) is 7.91. The Morgan fingerprint density at radius 2 is 1.25 bits per heavy atom. The first-order valence-corrected chi connectivity index (χ1v) is 14.8. The number of benzene rings is 4. The monoisotopic (exact) mass is 589 g/mol. The third kappa shape index (κ3) is 6.75. The summed E-state index contributed by atoms with van der Waals surface area (Å²) in [5.41, 5.74) is 6.16. The molecule has 1 aliphatic rings. The van der Waals surface area contributed by atoms with Crippen molar-refractivity contribution in [3.63, 3.8) is 0 Å². The van der Waals surface area contributed by atoms with E-state index in [1.807, 2.05) is 102 Å². The number of carbonyl (C=O) groups excluding carboxylic acids is 2. The molecule has 9 heteroatoms. The van der Waals surface area contributed by atoms with Crippen molar-refractivity contribution in [1.82, 2.24) is 4.57 Å². The van der Waals surface area contributed by atoms with Gasteiger partial charge >= 0.3 is 0 Å². The van der Waals surface area contributed by atoms with Gasteiger partial charge in [0.05, 0.1) is 12.7 Å². The predicted octanol–water partition coefficient (Wildman–Crippen LogP) is 5.84. The number of anilines is 5. The normalized spacial score (nSPS) is 13.5. The number of nitrogens with one attached hydrogen (secondary N) is 3. The van der Waals surface area contributed by atoms with Gasteiger partial charge in [-0.1, -0.05) is 6.07 Å². The molecule has 0 radical (unpaired) electrons. The van der Waals surface area contributed by atoms with Crippen molar-refractivity contribution in [3.05, 3.63) is 114 Å². The van der Waals surface area contributed by atoms with Crippen molar-refractivity contribution in [3.8, 4) is 0 Å². The van der Waals surface area contributed by atoms with Crippen molar-refractivity contribution in [2.45, 2.75) is 25.5 Å². The van der Waals surface area contributed by atoms with Crippen LogP contribution in [0.1, 0.15) is 33.6 Å². The number of piperidine rings is 1. The summed E-state index contributed by atoms with van der Waals surface area (Å²) < 4.78 is 1.93. The van der Waals surface area contributed by atoms with Gasteiger partial charge in [-0.05, 0) is 109 Å². The number of aliphatic hydroxyl groups is 2. The second kappa shape index (κ2) is 13.0. The molecule has 0 atom stereocenters. The maximum atomic E-state index is 12.9.